The lowest BCUT2D eigenvalue weighted by molar-refractivity contribution is -0.149. The van der Waals surface area contributed by atoms with Crippen molar-refractivity contribution in [2.75, 3.05) is 11.5 Å². The zero-order chi connectivity index (χ0) is 23.2. The van der Waals surface area contributed by atoms with Gasteiger partial charge in [0.25, 0.3) is 5.91 Å². The number of thiophene rings is 1. The number of nitrogens with one attached hydrogen (secondary N) is 1. The first-order valence-corrected chi connectivity index (χ1v) is 13.3. The van der Waals surface area contributed by atoms with E-state index in [-0.39, 0.29) is 11.1 Å². The highest BCUT2D eigenvalue weighted by Gasteiger charge is 2.54. The van der Waals surface area contributed by atoms with Gasteiger partial charge in [-0.1, -0.05) is 0 Å². The lowest BCUT2D eigenvalue weighted by atomic mass is 10.0. The van der Waals surface area contributed by atoms with Gasteiger partial charge in [-0.15, -0.1) is 46.2 Å². The zero-order valence-corrected chi connectivity index (χ0v) is 20.6. The van der Waals surface area contributed by atoms with Crippen molar-refractivity contribution < 1.29 is 24.2 Å². The topological polar surface area (TPSA) is 113 Å². The minimum atomic E-state index is -1.18. The molecule has 0 aliphatic carbocycles. The summed E-state index contributed by atoms with van der Waals surface area (Å²) in [5.41, 5.74) is -0.185. The normalized spacial score (nSPS) is 20.7. The molecular formula is C20H20N2O6S4. The molecule has 1 saturated heterocycles. The van der Waals surface area contributed by atoms with Crippen LogP contribution in [-0.2, 0) is 14.3 Å². The minimum Gasteiger partial charge on any atom is -0.477 e. The van der Waals surface area contributed by atoms with Gasteiger partial charge in [-0.2, -0.15) is 0 Å². The number of thioether (sulfide) groups is 2. The first kappa shape index (κ1) is 23.1. The molecule has 0 aromatic carbocycles. The van der Waals surface area contributed by atoms with Crippen LogP contribution in [0.4, 0.5) is 4.79 Å². The van der Waals surface area contributed by atoms with E-state index in [0.29, 0.717) is 17.1 Å². The van der Waals surface area contributed by atoms with Gasteiger partial charge >= 0.3 is 12.1 Å². The molecule has 2 atom stereocenters. The van der Waals surface area contributed by atoms with Crippen molar-refractivity contribution in [2.45, 2.75) is 42.0 Å². The molecule has 32 heavy (non-hydrogen) atoms. The number of β-lactam (4-membered cyclic amide) rings is 1. The van der Waals surface area contributed by atoms with Crippen molar-refractivity contribution in [3.8, 4) is 0 Å². The fourth-order valence-electron chi connectivity index (χ4n) is 3.33. The van der Waals surface area contributed by atoms with Gasteiger partial charge in [-0.25, -0.2) is 9.59 Å². The average molecular weight is 513 g/mol. The Morgan fingerprint density at radius 1 is 1.34 bits per heavy atom. The number of hydrogen-bond acceptors (Lipinski definition) is 9. The van der Waals surface area contributed by atoms with Gasteiger partial charge in [0.1, 0.15) is 22.7 Å². The highest BCUT2D eigenvalue weighted by Crippen LogP contribution is 2.42. The first-order chi connectivity index (χ1) is 15.0. The van der Waals surface area contributed by atoms with Gasteiger partial charge in [-0.05, 0) is 37.8 Å². The fourth-order valence-corrected chi connectivity index (χ4v) is 8.00. The van der Waals surface area contributed by atoms with E-state index < -0.39 is 35.0 Å². The zero-order valence-electron chi connectivity index (χ0n) is 17.4. The highest BCUT2D eigenvalue weighted by atomic mass is 32.2. The van der Waals surface area contributed by atoms with Crippen LogP contribution >= 0.6 is 46.2 Å². The molecular weight excluding hydrogens is 492 g/mol. The largest absolute Gasteiger partial charge is 0.477 e. The molecule has 2 aromatic heterocycles. The van der Waals surface area contributed by atoms with Crippen LogP contribution < -0.4 is 10.7 Å². The van der Waals surface area contributed by atoms with Crippen molar-refractivity contribution in [3.63, 3.8) is 0 Å². The van der Waals surface area contributed by atoms with E-state index in [1.807, 2.05) is 11.4 Å². The number of amides is 2. The summed E-state index contributed by atoms with van der Waals surface area (Å²) in [6.07, 6.45) is -0.711. The number of carbonyl (C=O) groups is 3. The third-order valence-electron chi connectivity index (χ3n) is 4.62. The Kier molecular flexibility index (Phi) is 6.31. The summed E-state index contributed by atoms with van der Waals surface area (Å²) in [4.78, 5) is 50.2. The van der Waals surface area contributed by atoms with E-state index in [1.54, 1.807) is 26.8 Å². The summed E-state index contributed by atoms with van der Waals surface area (Å²) in [5, 5.41) is 13.7. The standard InChI is InChI=1S/C20H20N2O6S4/c1-20(2,3)28-19(27)21-13-16(24)22-14(18(25)26)9(8-31-17(13)22)7-30-12-6-10(23)15-11(32-12)4-5-29-15/h4-6,13,17H,7-8H2,1-3H3,(H,21,27)(H,25,26). The van der Waals surface area contributed by atoms with Crippen LogP contribution in [0.1, 0.15) is 20.8 Å². The summed E-state index contributed by atoms with van der Waals surface area (Å²) < 4.78 is 7.63. The summed E-state index contributed by atoms with van der Waals surface area (Å²) in [7, 11) is 0. The molecule has 2 aliphatic heterocycles. The molecule has 170 valence electrons. The Bertz CT molecular complexity index is 1190. The van der Waals surface area contributed by atoms with E-state index in [1.165, 1.54) is 51.1 Å². The summed E-state index contributed by atoms with van der Waals surface area (Å²) in [5.74, 6) is -0.903. The molecule has 0 spiro atoms. The molecule has 2 aromatic rings. The molecule has 2 unspecified atom stereocenters. The highest BCUT2D eigenvalue weighted by molar-refractivity contribution is 8.02. The monoisotopic (exact) mass is 512 g/mol. The molecule has 0 saturated carbocycles. The van der Waals surface area contributed by atoms with Crippen LogP contribution in [0.15, 0.2) is 37.8 Å². The van der Waals surface area contributed by atoms with Gasteiger partial charge < -0.3 is 15.2 Å². The second kappa shape index (κ2) is 8.73. The number of nitrogens with zero attached hydrogens (tertiary/aromatic N) is 1. The molecule has 2 N–H and O–H groups in total. The molecule has 4 heterocycles. The van der Waals surface area contributed by atoms with E-state index in [0.717, 1.165) is 13.6 Å². The summed E-state index contributed by atoms with van der Waals surface area (Å²) >= 11 is 5.68. The van der Waals surface area contributed by atoms with Gasteiger partial charge in [0.15, 0.2) is 5.43 Å². The molecule has 0 bridgehead atoms. The molecule has 1 fully saturated rings. The van der Waals surface area contributed by atoms with Crippen molar-refractivity contribution >= 4 is 73.6 Å². The van der Waals surface area contributed by atoms with Crippen LogP contribution in [0, 0.1) is 0 Å². The van der Waals surface area contributed by atoms with Crippen LogP contribution in [0.5, 0.6) is 0 Å². The summed E-state index contributed by atoms with van der Waals surface area (Å²) in [6, 6.07) is 2.64. The molecule has 2 amide bonds. The second-order valence-corrected chi connectivity index (χ2v) is 12.5. The third-order valence-corrected chi connectivity index (χ3v) is 9.40. The van der Waals surface area contributed by atoms with E-state index in [9.17, 15) is 24.3 Å². The first-order valence-electron chi connectivity index (χ1n) is 9.59. The number of ether oxygens (including phenoxy) is 1. The third kappa shape index (κ3) is 4.54. The van der Waals surface area contributed by atoms with Gasteiger partial charge in [0, 0.05) is 17.6 Å². The maximum Gasteiger partial charge on any atom is 0.408 e. The number of rotatable bonds is 5. The quantitative estimate of drug-likeness (QED) is 0.462. The van der Waals surface area contributed by atoms with Crippen molar-refractivity contribution in [1.82, 2.24) is 10.2 Å². The smallest absolute Gasteiger partial charge is 0.408 e. The molecule has 0 radical (unpaired) electrons. The number of carboxylic acid groups (broad SMARTS) is 1. The number of fused-ring (bicyclic) bond motifs is 2. The van der Waals surface area contributed by atoms with E-state index in [4.69, 9.17) is 4.74 Å². The Balaban J connectivity index is 1.49. The number of carbonyl (C=O) groups excluding carboxylic acids is 2. The SMILES string of the molecule is CC(C)(C)OC(=O)NC1C(=O)N2C(C(=O)O)=C(CSc3cc(=O)c4sccc4s3)CSC12. The molecule has 8 nitrogen and oxygen atoms in total. The van der Waals surface area contributed by atoms with E-state index >= 15 is 0 Å². The van der Waals surface area contributed by atoms with E-state index in [2.05, 4.69) is 5.32 Å². The van der Waals surface area contributed by atoms with Crippen LogP contribution in [0.2, 0.25) is 0 Å². The van der Waals surface area contributed by atoms with Crippen molar-refractivity contribution in [1.29, 1.82) is 0 Å². The summed E-state index contributed by atoms with van der Waals surface area (Å²) in [6.45, 7) is 5.16. The lowest BCUT2D eigenvalue weighted by Crippen LogP contribution is -2.70. The minimum absolute atomic E-state index is 0.0440. The van der Waals surface area contributed by atoms with Crippen LogP contribution in [0.25, 0.3) is 9.40 Å². The number of aliphatic carboxylic acids is 1. The molecule has 2 aliphatic rings. The Morgan fingerprint density at radius 3 is 2.78 bits per heavy atom. The van der Waals surface area contributed by atoms with Crippen molar-refractivity contribution in [3.05, 3.63) is 39.0 Å². The number of hydrogen-bond donors (Lipinski definition) is 2. The average Bonchev–Trinajstić information content (AvgIpc) is 3.17. The predicted molar refractivity (Wildman–Crippen MR) is 128 cm³/mol. The Labute approximate surface area is 200 Å². The maximum absolute atomic E-state index is 12.7. The predicted octanol–water partition coefficient (Wildman–Crippen LogP) is 3.56. The van der Waals surface area contributed by atoms with Gasteiger partial charge in [0.05, 0.1) is 13.6 Å². The van der Waals surface area contributed by atoms with Gasteiger partial charge in [-0.3, -0.25) is 14.5 Å². The van der Waals surface area contributed by atoms with Crippen molar-refractivity contribution in [2.24, 2.45) is 0 Å². The number of carboxylic acids is 1. The lowest BCUT2D eigenvalue weighted by Gasteiger charge is -2.49. The van der Waals surface area contributed by atoms with Gasteiger partial charge in [0.2, 0.25) is 0 Å². The van der Waals surface area contributed by atoms with Crippen LogP contribution in [0.3, 0.4) is 0 Å². The number of alkyl carbamates (subject to hydrolysis) is 1. The molecule has 12 heteroatoms. The molecule has 4 rings (SSSR count). The fraction of sp³-hybridized carbons (Fsp3) is 0.400. The maximum atomic E-state index is 12.7. The van der Waals surface area contributed by atoms with Crippen LogP contribution in [-0.4, -0.2) is 56.5 Å². The Hall–Kier alpha value is -2.02. The Morgan fingerprint density at radius 2 is 2.09 bits per heavy atom. The second-order valence-electron chi connectivity index (χ2n) is 8.12.